The topological polar surface area (TPSA) is 58.6 Å². The maximum absolute atomic E-state index is 13.7. The number of Topliss-reactive ketones (excluding diaryl/α,β-unsaturated/α-hetero) is 1. The summed E-state index contributed by atoms with van der Waals surface area (Å²) >= 11 is 0. The Morgan fingerprint density at radius 2 is 1.58 bits per heavy atom. The van der Waals surface area contributed by atoms with Gasteiger partial charge >= 0.3 is 0 Å². The number of carbonyl (C=O) groups excluding carboxylic acids is 2. The third-order valence-corrected chi connectivity index (χ3v) is 7.23. The van der Waals surface area contributed by atoms with Gasteiger partial charge in [-0.2, -0.15) is 0 Å². The molecule has 2 aliphatic rings. The lowest BCUT2D eigenvalue weighted by Gasteiger charge is -2.38. The number of piperidine rings is 1. The van der Waals surface area contributed by atoms with Crippen LogP contribution in [0.15, 0.2) is 48.5 Å². The number of nitrogens with zero attached hydrogens (tertiary/aromatic N) is 1. The fraction of sp³-hybridized carbons (Fsp3) is 0.500. The molecule has 1 N–H and O–H groups in total. The molecular weight excluding hydrogens is 412 g/mol. The summed E-state index contributed by atoms with van der Waals surface area (Å²) < 4.78 is 6.07. The number of hydrogen-bond donors (Lipinski definition) is 1. The van der Waals surface area contributed by atoms with Crippen LogP contribution in [-0.4, -0.2) is 41.8 Å². The molecule has 0 aromatic heterocycles. The smallest absolute Gasteiger partial charge is 0.234 e. The van der Waals surface area contributed by atoms with Gasteiger partial charge in [-0.3, -0.25) is 9.59 Å². The highest BCUT2D eigenvalue weighted by Crippen LogP contribution is 2.44. The minimum absolute atomic E-state index is 0.151. The van der Waals surface area contributed by atoms with E-state index in [9.17, 15) is 9.59 Å². The van der Waals surface area contributed by atoms with E-state index in [-0.39, 0.29) is 17.6 Å². The second-order valence-electron chi connectivity index (χ2n) is 10.2. The van der Waals surface area contributed by atoms with Crippen LogP contribution in [0.25, 0.3) is 0 Å². The molecule has 176 valence electrons. The van der Waals surface area contributed by atoms with Gasteiger partial charge < -0.3 is 15.0 Å². The molecule has 0 bridgehead atoms. The highest BCUT2D eigenvalue weighted by Gasteiger charge is 2.37. The second kappa shape index (κ2) is 9.68. The molecule has 1 atom stereocenters. The summed E-state index contributed by atoms with van der Waals surface area (Å²) in [5.41, 5.74) is 1.41. The monoisotopic (exact) mass is 448 g/mol. The van der Waals surface area contributed by atoms with E-state index in [4.69, 9.17) is 4.74 Å². The Labute approximate surface area is 197 Å². The second-order valence-corrected chi connectivity index (χ2v) is 10.2. The molecule has 1 saturated heterocycles. The molecule has 2 aliphatic heterocycles. The molecule has 0 radical (unpaired) electrons. The number of amides is 1. The number of carbonyl (C=O) groups is 2. The van der Waals surface area contributed by atoms with Crippen LogP contribution in [0.2, 0.25) is 0 Å². The first-order chi connectivity index (χ1) is 15.8. The molecule has 1 amide bonds. The van der Waals surface area contributed by atoms with Gasteiger partial charge in [0.15, 0.2) is 0 Å². The summed E-state index contributed by atoms with van der Waals surface area (Å²) in [6.45, 7) is 10.3. The van der Waals surface area contributed by atoms with E-state index in [1.807, 2.05) is 60.4 Å². The van der Waals surface area contributed by atoms with Crippen molar-refractivity contribution in [3.63, 3.8) is 0 Å². The largest absolute Gasteiger partial charge is 0.457 e. The van der Waals surface area contributed by atoms with Gasteiger partial charge in [0.2, 0.25) is 5.91 Å². The average molecular weight is 449 g/mol. The molecule has 5 heteroatoms. The van der Waals surface area contributed by atoms with Crippen molar-refractivity contribution < 1.29 is 14.3 Å². The zero-order chi connectivity index (χ0) is 23.6. The lowest BCUT2D eigenvalue weighted by molar-refractivity contribution is -0.133. The number of fused-ring (bicyclic) bond motifs is 2. The highest BCUT2D eigenvalue weighted by molar-refractivity contribution is 5.89. The molecule has 0 saturated carbocycles. The summed E-state index contributed by atoms with van der Waals surface area (Å²) in [6.07, 6.45) is 2.73. The SMILES string of the molecule is CC(=O)C(C)(CC(C)C)NCC1CCN(C(=O)C2c3ccccc3Oc3ccccc32)CC1. The molecule has 2 heterocycles. The quantitative estimate of drug-likeness (QED) is 0.637. The summed E-state index contributed by atoms with van der Waals surface area (Å²) in [7, 11) is 0. The molecule has 0 aliphatic carbocycles. The first-order valence-electron chi connectivity index (χ1n) is 12.2. The number of ether oxygens (including phenoxy) is 1. The fourth-order valence-electron chi connectivity index (χ4n) is 5.24. The number of likely N-dealkylation sites (tertiary alicyclic amines) is 1. The summed E-state index contributed by atoms with van der Waals surface area (Å²) in [5.74, 6) is 2.47. The lowest BCUT2D eigenvalue weighted by Crippen LogP contribution is -2.52. The van der Waals surface area contributed by atoms with Crippen molar-refractivity contribution in [3.05, 3.63) is 59.7 Å². The molecule has 1 unspecified atom stereocenters. The van der Waals surface area contributed by atoms with Crippen LogP contribution < -0.4 is 10.1 Å². The molecular formula is C28H36N2O3. The van der Waals surface area contributed by atoms with Gasteiger partial charge in [-0.05, 0) is 63.6 Å². The number of hydrogen-bond acceptors (Lipinski definition) is 4. The normalized spacial score (nSPS) is 18.3. The van der Waals surface area contributed by atoms with Crippen molar-refractivity contribution in [2.24, 2.45) is 11.8 Å². The maximum atomic E-state index is 13.7. The maximum Gasteiger partial charge on any atom is 0.234 e. The third kappa shape index (κ3) is 4.98. The summed E-state index contributed by atoms with van der Waals surface area (Å²) in [6, 6.07) is 15.7. The van der Waals surface area contributed by atoms with Gasteiger partial charge in [0.1, 0.15) is 17.3 Å². The van der Waals surface area contributed by atoms with E-state index in [1.54, 1.807) is 6.92 Å². The molecule has 2 aromatic rings. The number of rotatable bonds is 7. The Balaban J connectivity index is 1.42. The van der Waals surface area contributed by atoms with Crippen LogP contribution in [0.5, 0.6) is 11.5 Å². The predicted octanol–water partition coefficient (Wildman–Crippen LogP) is 5.15. The van der Waals surface area contributed by atoms with Crippen molar-refractivity contribution in [2.75, 3.05) is 19.6 Å². The molecule has 0 spiro atoms. The Bertz CT molecular complexity index is 964. The van der Waals surface area contributed by atoms with Gasteiger partial charge in [-0.15, -0.1) is 0 Å². The Hall–Kier alpha value is -2.66. The van der Waals surface area contributed by atoms with E-state index in [1.165, 1.54) is 0 Å². The fourth-order valence-corrected chi connectivity index (χ4v) is 5.24. The van der Waals surface area contributed by atoms with Crippen LogP contribution in [-0.2, 0) is 9.59 Å². The van der Waals surface area contributed by atoms with Gasteiger partial charge in [-0.25, -0.2) is 0 Å². The zero-order valence-electron chi connectivity index (χ0n) is 20.3. The van der Waals surface area contributed by atoms with E-state index in [2.05, 4.69) is 19.2 Å². The first-order valence-corrected chi connectivity index (χ1v) is 12.2. The van der Waals surface area contributed by atoms with Crippen molar-refractivity contribution >= 4 is 11.7 Å². The van der Waals surface area contributed by atoms with Crippen molar-refractivity contribution in [3.8, 4) is 11.5 Å². The minimum atomic E-state index is -0.476. The van der Waals surface area contributed by atoms with Crippen molar-refractivity contribution in [1.29, 1.82) is 0 Å². The molecule has 33 heavy (non-hydrogen) atoms. The van der Waals surface area contributed by atoms with Gasteiger partial charge in [-0.1, -0.05) is 50.2 Å². The van der Waals surface area contributed by atoms with E-state index in [0.717, 1.165) is 61.5 Å². The third-order valence-electron chi connectivity index (χ3n) is 7.23. The number of nitrogens with one attached hydrogen (secondary N) is 1. The first kappa shape index (κ1) is 23.5. The van der Waals surface area contributed by atoms with Crippen LogP contribution >= 0.6 is 0 Å². The molecule has 2 aromatic carbocycles. The Kier molecular flexibility index (Phi) is 6.89. The Morgan fingerprint density at radius 1 is 1.03 bits per heavy atom. The molecule has 5 nitrogen and oxygen atoms in total. The number of ketones is 1. The van der Waals surface area contributed by atoms with E-state index < -0.39 is 5.54 Å². The van der Waals surface area contributed by atoms with Gasteiger partial charge in [0, 0.05) is 24.2 Å². The number of benzene rings is 2. The Morgan fingerprint density at radius 3 is 2.09 bits per heavy atom. The minimum Gasteiger partial charge on any atom is -0.457 e. The van der Waals surface area contributed by atoms with Gasteiger partial charge in [0.05, 0.1) is 11.5 Å². The lowest BCUT2D eigenvalue weighted by atomic mass is 9.85. The van der Waals surface area contributed by atoms with E-state index in [0.29, 0.717) is 11.8 Å². The summed E-state index contributed by atoms with van der Waals surface area (Å²) in [4.78, 5) is 28.0. The van der Waals surface area contributed by atoms with Crippen LogP contribution in [0.4, 0.5) is 0 Å². The van der Waals surface area contributed by atoms with Crippen LogP contribution in [0.3, 0.4) is 0 Å². The summed E-state index contributed by atoms with van der Waals surface area (Å²) in [5, 5.41) is 3.56. The average Bonchev–Trinajstić information content (AvgIpc) is 2.80. The molecule has 1 fully saturated rings. The van der Waals surface area contributed by atoms with Gasteiger partial charge in [0.25, 0.3) is 0 Å². The predicted molar refractivity (Wildman–Crippen MR) is 131 cm³/mol. The van der Waals surface area contributed by atoms with Crippen LogP contribution in [0.1, 0.15) is 64.0 Å². The van der Waals surface area contributed by atoms with Crippen molar-refractivity contribution in [1.82, 2.24) is 10.2 Å². The van der Waals surface area contributed by atoms with E-state index >= 15 is 0 Å². The number of para-hydroxylation sites is 2. The zero-order valence-corrected chi connectivity index (χ0v) is 20.3. The van der Waals surface area contributed by atoms with Crippen LogP contribution in [0, 0.1) is 11.8 Å². The highest BCUT2D eigenvalue weighted by atomic mass is 16.5. The standard InChI is InChI=1S/C28H36N2O3/c1-19(2)17-28(4,20(3)31)29-18-21-13-15-30(16-14-21)27(32)26-22-9-5-7-11-24(22)33-25-12-8-6-10-23(25)26/h5-12,19,21,26,29H,13-18H2,1-4H3. The van der Waals surface area contributed by atoms with Crippen molar-refractivity contribution in [2.45, 2.75) is 58.4 Å². The molecule has 4 rings (SSSR count).